The second kappa shape index (κ2) is 7.67. The molecule has 4 rings (SSSR count). The highest BCUT2D eigenvalue weighted by molar-refractivity contribution is 9.10. The Bertz CT molecular complexity index is 1060. The maximum absolute atomic E-state index is 13.0. The summed E-state index contributed by atoms with van der Waals surface area (Å²) in [6.45, 7) is 5.57. The SMILES string of the molecule is CC(C)(C)OC(=O)N1CCc2c(Br)ccc(O)c2[C@H]1CN1C(=O)c2ccccc2C1=O. The number of halogens is 1. The summed E-state index contributed by atoms with van der Waals surface area (Å²) in [6.07, 6.45) is -0.0542. The molecule has 1 N–H and O–H groups in total. The lowest BCUT2D eigenvalue weighted by atomic mass is 9.91. The number of benzene rings is 2. The molecule has 2 aromatic carbocycles. The minimum atomic E-state index is -0.738. The maximum atomic E-state index is 13.0. The molecule has 2 aromatic rings. The van der Waals surface area contributed by atoms with Crippen LogP contribution in [0.3, 0.4) is 0 Å². The standard InChI is InChI=1S/C23H23BrN2O5/c1-23(2,3)31-22(30)25-11-10-15-16(24)8-9-18(27)19(15)17(25)12-26-20(28)13-6-4-5-7-14(13)21(26)29/h4-9,17,27H,10-12H2,1-3H3/t17-/m1/s1. The minimum Gasteiger partial charge on any atom is -0.508 e. The molecule has 3 amide bonds. The summed E-state index contributed by atoms with van der Waals surface area (Å²) in [6, 6.07) is 9.19. The maximum Gasteiger partial charge on any atom is 0.410 e. The van der Waals surface area contributed by atoms with Crippen LogP contribution in [0.2, 0.25) is 0 Å². The second-order valence-electron chi connectivity index (χ2n) is 8.66. The quantitative estimate of drug-likeness (QED) is 0.639. The molecule has 0 saturated heterocycles. The first kappa shape index (κ1) is 21.4. The van der Waals surface area contributed by atoms with E-state index in [9.17, 15) is 19.5 Å². The second-order valence-corrected chi connectivity index (χ2v) is 9.52. The van der Waals surface area contributed by atoms with E-state index in [2.05, 4.69) is 15.9 Å². The summed E-state index contributed by atoms with van der Waals surface area (Å²) in [5, 5.41) is 10.7. The molecule has 0 saturated carbocycles. The van der Waals surface area contributed by atoms with E-state index in [1.54, 1.807) is 51.1 Å². The van der Waals surface area contributed by atoms with Gasteiger partial charge in [-0.1, -0.05) is 28.1 Å². The molecule has 2 aliphatic rings. The molecule has 162 valence electrons. The van der Waals surface area contributed by atoms with Gasteiger partial charge in [0, 0.05) is 16.6 Å². The summed E-state index contributed by atoms with van der Waals surface area (Å²) in [7, 11) is 0. The van der Waals surface area contributed by atoms with Crippen molar-refractivity contribution >= 4 is 33.8 Å². The fourth-order valence-electron chi connectivity index (χ4n) is 4.10. The summed E-state index contributed by atoms with van der Waals surface area (Å²) < 4.78 is 6.38. The summed E-state index contributed by atoms with van der Waals surface area (Å²) >= 11 is 3.52. The van der Waals surface area contributed by atoms with Crippen LogP contribution in [0.25, 0.3) is 0 Å². The first-order valence-electron chi connectivity index (χ1n) is 10.0. The zero-order valence-electron chi connectivity index (χ0n) is 17.5. The zero-order chi connectivity index (χ0) is 22.5. The molecule has 0 aromatic heterocycles. The van der Waals surface area contributed by atoms with Gasteiger partial charge in [-0.2, -0.15) is 0 Å². The van der Waals surface area contributed by atoms with Crippen molar-refractivity contribution in [1.29, 1.82) is 0 Å². The van der Waals surface area contributed by atoms with Gasteiger partial charge in [0.1, 0.15) is 11.4 Å². The highest BCUT2D eigenvalue weighted by Gasteiger charge is 2.42. The third kappa shape index (κ3) is 3.80. The van der Waals surface area contributed by atoms with Crippen molar-refractivity contribution in [3.8, 4) is 5.75 Å². The highest BCUT2D eigenvalue weighted by atomic mass is 79.9. The van der Waals surface area contributed by atoms with Crippen LogP contribution in [0.4, 0.5) is 4.79 Å². The lowest BCUT2D eigenvalue weighted by molar-refractivity contribution is 0.00958. The molecule has 0 unspecified atom stereocenters. The average molecular weight is 487 g/mol. The van der Waals surface area contributed by atoms with Gasteiger partial charge in [-0.15, -0.1) is 0 Å². The Morgan fingerprint density at radius 2 is 1.74 bits per heavy atom. The minimum absolute atomic E-state index is 0.00747. The molecule has 2 heterocycles. The third-order valence-corrected chi connectivity index (χ3v) is 6.19. The molecule has 31 heavy (non-hydrogen) atoms. The molecule has 8 heteroatoms. The lowest BCUT2D eigenvalue weighted by Crippen LogP contribution is -2.48. The predicted octanol–water partition coefficient (Wildman–Crippen LogP) is 4.29. The number of hydrogen-bond donors (Lipinski definition) is 1. The summed E-state index contributed by atoms with van der Waals surface area (Å²) in [4.78, 5) is 41.5. The number of nitrogens with zero attached hydrogens (tertiary/aromatic N) is 2. The highest BCUT2D eigenvalue weighted by Crippen LogP contribution is 2.41. The topological polar surface area (TPSA) is 87.2 Å². The van der Waals surface area contributed by atoms with Gasteiger partial charge in [-0.25, -0.2) is 4.79 Å². The normalized spacial score (nSPS) is 18.1. The van der Waals surface area contributed by atoms with E-state index < -0.39 is 29.6 Å². The van der Waals surface area contributed by atoms with Gasteiger partial charge in [0.25, 0.3) is 11.8 Å². The van der Waals surface area contributed by atoms with E-state index in [0.29, 0.717) is 29.7 Å². The van der Waals surface area contributed by atoms with E-state index in [1.165, 1.54) is 11.0 Å². The summed E-state index contributed by atoms with van der Waals surface area (Å²) in [5.41, 5.74) is 1.33. The van der Waals surface area contributed by atoms with Gasteiger partial charge in [0.2, 0.25) is 0 Å². The fourth-order valence-corrected chi connectivity index (χ4v) is 4.65. The summed E-state index contributed by atoms with van der Waals surface area (Å²) in [5.74, 6) is -0.814. The number of amides is 3. The van der Waals surface area contributed by atoms with E-state index >= 15 is 0 Å². The number of aromatic hydroxyl groups is 1. The van der Waals surface area contributed by atoms with Crippen molar-refractivity contribution in [2.45, 2.75) is 38.8 Å². The third-order valence-electron chi connectivity index (χ3n) is 5.45. The smallest absolute Gasteiger partial charge is 0.410 e. The van der Waals surface area contributed by atoms with E-state index in [0.717, 1.165) is 14.9 Å². The Balaban J connectivity index is 1.75. The fraction of sp³-hybridized carbons (Fsp3) is 0.348. The van der Waals surface area contributed by atoms with Gasteiger partial charge >= 0.3 is 6.09 Å². The van der Waals surface area contributed by atoms with Gasteiger partial charge in [-0.05, 0) is 57.0 Å². The van der Waals surface area contributed by atoms with Crippen LogP contribution in [-0.4, -0.2) is 51.5 Å². The van der Waals surface area contributed by atoms with Crippen molar-refractivity contribution in [1.82, 2.24) is 9.80 Å². The number of phenols is 1. The number of ether oxygens (including phenoxy) is 1. The Labute approximate surface area is 188 Å². The zero-order valence-corrected chi connectivity index (χ0v) is 19.1. The van der Waals surface area contributed by atoms with Crippen LogP contribution < -0.4 is 0 Å². The average Bonchev–Trinajstić information content (AvgIpc) is 2.94. The number of fused-ring (bicyclic) bond motifs is 2. The Kier molecular flexibility index (Phi) is 5.29. The van der Waals surface area contributed by atoms with Crippen LogP contribution in [0.1, 0.15) is 58.7 Å². The van der Waals surface area contributed by atoms with Crippen LogP contribution in [0.15, 0.2) is 40.9 Å². The molecule has 7 nitrogen and oxygen atoms in total. The van der Waals surface area contributed by atoms with Crippen LogP contribution in [0.5, 0.6) is 5.75 Å². The number of rotatable bonds is 2. The van der Waals surface area contributed by atoms with Crippen molar-refractivity contribution in [2.75, 3.05) is 13.1 Å². The van der Waals surface area contributed by atoms with Crippen LogP contribution in [-0.2, 0) is 11.2 Å². The monoisotopic (exact) mass is 486 g/mol. The Hall–Kier alpha value is -2.87. The molecule has 2 aliphatic heterocycles. The molecule has 0 spiro atoms. The first-order chi connectivity index (χ1) is 14.6. The van der Waals surface area contributed by atoms with Crippen LogP contribution >= 0.6 is 15.9 Å². The molecular weight excluding hydrogens is 464 g/mol. The van der Waals surface area contributed by atoms with E-state index in [1.807, 2.05) is 0 Å². The molecule has 1 atom stereocenters. The lowest BCUT2D eigenvalue weighted by Gasteiger charge is -2.39. The van der Waals surface area contributed by atoms with Gasteiger partial charge in [0.05, 0.1) is 23.7 Å². The largest absolute Gasteiger partial charge is 0.508 e. The van der Waals surface area contributed by atoms with Crippen molar-refractivity contribution < 1.29 is 24.2 Å². The van der Waals surface area contributed by atoms with E-state index in [4.69, 9.17) is 4.74 Å². The van der Waals surface area contributed by atoms with Crippen molar-refractivity contribution in [2.24, 2.45) is 0 Å². The van der Waals surface area contributed by atoms with Crippen LogP contribution in [0, 0.1) is 0 Å². The number of carbonyl (C=O) groups excluding carboxylic acids is 3. The number of phenolic OH excluding ortho intramolecular Hbond substituents is 1. The Morgan fingerprint density at radius 1 is 1.13 bits per heavy atom. The van der Waals surface area contributed by atoms with Crippen molar-refractivity contribution in [3.63, 3.8) is 0 Å². The molecular formula is C23H23BrN2O5. The van der Waals surface area contributed by atoms with Gasteiger partial charge in [-0.3, -0.25) is 19.4 Å². The number of imide groups is 1. The van der Waals surface area contributed by atoms with Gasteiger partial charge in [0.15, 0.2) is 0 Å². The van der Waals surface area contributed by atoms with E-state index in [-0.39, 0.29) is 12.3 Å². The van der Waals surface area contributed by atoms with Gasteiger partial charge < -0.3 is 9.84 Å². The number of carbonyl (C=O) groups is 3. The predicted molar refractivity (Wildman–Crippen MR) is 117 cm³/mol. The number of hydrogen-bond acceptors (Lipinski definition) is 5. The molecule has 0 radical (unpaired) electrons. The van der Waals surface area contributed by atoms with Crippen molar-refractivity contribution in [3.05, 3.63) is 63.1 Å². The molecule has 0 bridgehead atoms. The first-order valence-corrected chi connectivity index (χ1v) is 10.8. The molecule has 0 fully saturated rings. The Morgan fingerprint density at radius 3 is 2.32 bits per heavy atom. The molecule has 0 aliphatic carbocycles.